The van der Waals surface area contributed by atoms with E-state index in [4.69, 9.17) is 0 Å². The molecule has 0 heterocycles. The number of hydrogen-bond acceptors (Lipinski definition) is 4. The van der Waals surface area contributed by atoms with Crippen LogP contribution in [0.3, 0.4) is 0 Å². The topological polar surface area (TPSA) is 109 Å². The molecule has 0 fully saturated rings. The Labute approximate surface area is 146 Å². The normalized spacial score (nSPS) is 15.0. The first-order valence-corrected chi connectivity index (χ1v) is 7.95. The van der Waals surface area contributed by atoms with Gasteiger partial charge in [-0.2, -0.15) is 0 Å². The van der Waals surface area contributed by atoms with Crippen LogP contribution in [-0.4, -0.2) is 33.7 Å². The van der Waals surface area contributed by atoms with Crippen molar-refractivity contribution in [1.82, 2.24) is 0 Å². The second-order valence-corrected chi connectivity index (χ2v) is 7.39. The number of Topliss-reactive ketones (excluding diaryl/α,β-unsaturated/α-hetero) is 2. The van der Waals surface area contributed by atoms with Crippen molar-refractivity contribution in [3.63, 3.8) is 0 Å². The van der Waals surface area contributed by atoms with E-state index in [-0.39, 0.29) is 6.42 Å². The molecule has 0 saturated carbocycles. The Morgan fingerprint density at radius 3 is 1.88 bits per heavy atom. The Kier molecular flexibility index (Phi) is 6.24. The minimum Gasteiger partial charge on any atom is -0.481 e. The molecule has 1 aromatic carbocycles. The van der Waals surface area contributed by atoms with Crippen LogP contribution in [0.4, 0.5) is 0 Å². The van der Waals surface area contributed by atoms with Gasteiger partial charge in [-0.3, -0.25) is 19.2 Å². The number of carboxylic acid groups (broad SMARTS) is 2. The van der Waals surface area contributed by atoms with Crippen LogP contribution in [0.25, 0.3) is 0 Å². The number of carbonyl (C=O) groups is 4. The van der Waals surface area contributed by atoms with Gasteiger partial charge in [0.05, 0.1) is 0 Å². The smallest absolute Gasteiger partial charge is 0.317 e. The third-order valence-electron chi connectivity index (χ3n) is 4.34. The zero-order chi connectivity index (χ0) is 19.4. The quantitative estimate of drug-likeness (QED) is 0.699. The molecule has 2 N–H and O–H groups in total. The molecule has 0 amide bonds. The van der Waals surface area contributed by atoms with Crippen molar-refractivity contribution in [2.45, 2.75) is 40.5 Å². The lowest BCUT2D eigenvalue weighted by Crippen LogP contribution is -2.46. The van der Waals surface area contributed by atoms with Gasteiger partial charge in [0.15, 0.2) is 0 Å². The maximum absolute atomic E-state index is 12.6. The molecule has 0 aromatic heterocycles. The molecule has 0 bridgehead atoms. The van der Waals surface area contributed by atoms with E-state index in [0.29, 0.717) is 5.56 Å². The summed E-state index contributed by atoms with van der Waals surface area (Å²) in [5, 5.41) is 19.1. The Morgan fingerprint density at radius 1 is 1.00 bits per heavy atom. The lowest BCUT2D eigenvalue weighted by molar-refractivity contribution is -0.161. The second-order valence-electron chi connectivity index (χ2n) is 7.39. The standard InChI is InChI=1S/C19H24O6/c1-12(20)19(17(24)25,10-13-8-6-5-7-9-13)11-14(21)15(16(22)23)18(2,3)4/h5-9,15H,10-11H2,1-4H3,(H,22,23)(H,24,25). The van der Waals surface area contributed by atoms with E-state index >= 15 is 0 Å². The summed E-state index contributed by atoms with van der Waals surface area (Å²) in [5.74, 6) is -5.56. The van der Waals surface area contributed by atoms with Gasteiger partial charge in [-0.05, 0) is 24.3 Å². The second kappa shape index (κ2) is 7.59. The molecule has 25 heavy (non-hydrogen) atoms. The fourth-order valence-electron chi connectivity index (χ4n) is 2.95. The molecule has 0 saturated heterocycles. The molecule has 0 aliphatic heterocycles. The van der Waals surface area contributed by atoms with Gasteiger partial charge in [-0.1, -0.05) is 51.1 Å². The number of hydrogen-bond donors (Lipinski definition) is 2. The average molecular weight is 348 g/mol. The van der Waals surface area contributed by atoms with Gasteiger partial charge in [0, 0.05) is 6.42 Å². The first-order chi connectivity index (χ1) is 11.4. The maximum atomic E-state index is 12.6. The summed E-state index contributed by atoms with van der Waals surface area (Å²) in [4.78, 5) is 48.3. The van der Waals surface area contributed by atoms with Gasteiger partial charge in [0.1, 0.15) is 22.9 Å². The van der Waals surface area contributed by atoms with E-state index in [1.54, 1.807) is 51.1 Å². The van der Waals surface area contributed by atoms with Gasteiger partial charge in [0.25, 0.3) is 0 Å². The van der Waals surface area contributed by atoms with Gasteiger partial charge in [-0.15, -0.1) is 0 Å². The molecule has 6 nitrogen and oxygen atoms in total. The highest BCUT2D eigenvalue weighted by Gasteiger charge is 2.49. The van der Waals surface area contributed by atoms with Crippen molar-refractivity contribution in [1.29, 1.82) is 0 Å². The highest BCUT2D eigenvalue weighted by atomic mass is 16.4. The summed E-state index contributed by atoms with van der Waals surface area (Å²) < 4.78 is 0. The molecular weight excluding hydrogens is 324 g/mol. The summed E-state index contributed by atoms with van der Waals surface area (Å²) in [6.45, 7) is 5.91. The maximum Gasteiger partial charge on any atom is 0.317 e. The molecular formula is C19H24O6. The van der Waals surface area contributed by atoms with Gasteiger partial charge >= 0.3 is 11.9 Å². The van der Waals surface area contributed by atoms with Crippen LogP contribution in [0.2, 0.25) is 0 Å². The summed E-state index contributed by atoms with van der Waals surface area (Å²) in [7, 11) is 0. The monoisotopic (exact) mass is 348 g/mol. The predicted octanol–water partition coefficient (Wildman–Crippen LogP) is 2.60. The molecule has 2 atom stereocenters. The molecule has 2 unspecified atom stereocenters. The Bertz CT molecular complexity index is 655. The number of aliphatic carboxylic acids is 2. The first-order valence-electron chi connectivity index (χ1n) is 7.95. The minimum atomic E-state index is -1.97. The van der Waals surface area contributed by atoms with Gasteiger partial charge in [0.2, 0.25) is 0 Å². The fraction of sp³-hybridized carbons (Fsp3) is 0.474. The van der Waals surface area contributed by atoms with Crippen molar-refractivity contribution < 1.29 is 29.4 Å². The Morgan fingerprint density at radius 2 is 1.52 bits per heavy atom. The first kappa shape index (κ1) is 20.5. The van der Waals surface area contributed by atoms with E-state index in [1.165, 1.54) is 0 Å². The molecule has 1 aromatic rings. The highest BCUT2D eigenvalue weighted by Crippen LogP contribution is 2.35. The molecule has 6 heteroatoms. The zero-order valence-electron chi connectivity index (χ0n) is 14.9. The minimum absolute atomic E-state index is 0.166. The van der Waals surface area contributed by atoms with Crippen molar-refractivity contribution in [3.05, 3.63) is 35.9 Å². The fourth-order valence-corrected chi connectivity index (χ4v) is 2.95. The van der Waals surface area contributed by atoms with Crippen LogP contribution in [0.5, 0.6) is 0 Å². The molecule has 0 aliphatic rings. The van der Waals surface area contributed by atoms with E-state index in [9.17, 15) is 29.4 Å². The summed E-state index contributed by atoms with van der Waals surface area (Å²) in [6.07, 6.45) is -0.818. The van der Waals surface area contributed by atoms with Crippen molar-refractivity contribution in [2.24, 2.45) is 16.7 Å². The lowest BCUT2D eigenvalue weighted by Gasteiger charge is -2.31. The van der Waals surface area contributed by atoms with Crippen LogP contribution < -0.4 is 0 Å². The summed E-state index contributed by atoms with van der Waals surface area (Å²) in [6, 6.07) is 8.51. The summed E-state index contributed by atoms with van der Waals surface area (Å²) >= 11 is 0. The van der Waals surface area contributed by atoms with E-state index in [0.717, 1.165) is 6.92 Å². The average Bonchev–Trinajstić information content (AvgIpc) is 2.44. The van der Waals surface area contributed by atoms with Crippen LogP contribution in [0.15, 0.2) is 30.3 Å². The molecule has 136 valence electrons. The predicted molar refractivity (Wildman–Crippen MR) is 91.1 cm³/mol. The number of carbonyl (C=O) groups excluding carboxylic acids is 2. The Balaban J connectivity index is 3.30. The van der Waals surface area contributed by atoms with Crippen LogP contribution in [-0.2, 0) is 25.6 Å². The SMILES string of the molecule is CC(=O)C(CC(=O)C(C(=O)O)C(C)(C)C)(Cc1ccccc1)C(=O)O. The number of rotatable bonds is 8. The van der Waals surface area contributed by atoms with Crippen molar-refractivity contribution in [2.75, 3.05) is 0 Å². The van der Waals surface area contributed by atoms with Crippen molar-refractivity contribution >= 4 is 23.5 Å². The number of carboxylic acids is 2. The molecule has 1 rings (SSSR count). The zero-order valence-corrected chi connectivity index (χ0v) is 14.9. The molecule has 0 radical (unpaired) electrons. The van der Waals surface area contributed by atoms with Gasteiger partial charge < -0.3 is 10.2 Å². The Hall–Kier alpha value is -2.50. The van der Waals surface area contributed by atoms with Crippen molar-refractivity contribution in [3.8, 4) is 0 Å². The third-order valence-corrected chi connectivity index (χ3v) is 4.34. The van der Waals surface area contributed by atoms with Crippen LogP contribution >= 0.6 is 0 Å². The van der Waals surface area contributed by atoms with Crippen LogP contribution in [0.1, 0.15) is 39.7 Å². The van der Waals surface area contributed by atoms with E-state index < -0.39 is 46.7 Å². The molecule has 0 spiro atoms. The van der Waals surface area contributed by atoms with Crippen LogP contribution in [0, 0.1) is 16.7 Å². The third kappa shape index (κ3) is 4.75. The number of benzene rings is 1. The largest absolute Gasteiger partial charge is 0.481 e. The highest BCUT2D eigenvalue weighted by molar-refractivity contribution is 6.08. The number of ketones is 2. The molecule has 0 aliphatic carbocycles. The summed E-state index contributed by atoms with van der Waals surface area (Å²) in [5.41, 5.74) is -2.27. The lowest BCUT2D eigenvalue weighted by atomic mass is 9.69. The van der Waals surface area contributed by atoms with Gasteiger partial charge in [-0.25, -0.2) is 0 Å². The van der Waals surface area contributed by atoms with E-state index in [1.807, 2.05) is 0 Å². The van der Waals surface area contributed by atoms with E-state index in [2.05, 4.69) is 0 Å².